The van der Waals surface area contributed by atoms with Crippen molar-refractivity contribution in [3.8, 4) is 0 Å². The Morgan fingerprint density at radius 2 is 2.00 bits per heavy atom. The van der Waals surface area contributed by atoms with Crippen molar-refractivity contribution in [3.05, 3.63) is 26.8 Å². The molecule has 14 heavy (non-hydrogen) atoms. The first-order valence-corrected chi connectivity index (χ1v) is 4.47. The predicted octanol–water partition coefficient (Wildman–Crippen LogP) is -1.17. The highest BCUT2D eigenvalue weighted by Crippen LogP contribution is 2.08. The van der Waals surface area contributed by atoms with E-state index in [0.29, 0.717) is 12.4 Å². The first-order chi connectivity index (χ1) is 6.27. The van der Waals surface area contributed by atoms with Crippen molar-refractivity contribution < 1.29 is 5.48 Å². The molecule has 0 radical (unpaired) electrons. The van der Waals surface area contributed by atoms with Crippen LogP contribution in [0.4, 0.5) is 0 Å². The van der Waals surface area contributed by atoms with Crippen LogP contribution in [0.3, 0.4) is 0 Å². The number of aromatic nitrogens is 3. The monoisotopic (exact) mass is 199 g/mol. The standard InChI is InChI=1S/C8H11N3O2.H2O/c12-7-9-6-4-2-1-3-5-11(6)8(13)10-7;/h1-5H2,(H,10,12,13);1H2. The lowest BCUT2D eigenvalue weighted by Crippen LogP contribution is -2.34. The molecule has 1 aliphatic rings. The number of aryl methyl sites for hydroxylation is 1. The summed E-state index contributed by atoms with van der Waals surface area (Å²) in [4.78, 5) is 28.2. The molecule has 78 valence electrons. The van der Waals surface area contributed by atoms with Crippen LogP contribution in [-0.2, 0) is 13.0 Å². The zero-order valence-electron chi connectivity index (χ0n) is 7.75. The van der Waals surface area contributed by atoms with Gasteiger partial charge in [0, 0.05) is 13.0 Å². The molecule has 1 aliphatic heterocycles. The molecule has 1 aromatic rings. The van der Waals surface area contributed by atoms with Crippen molar-refractivity contribution in [2.45, 2.75) is 32.2 Å². The minimum absolute atomic E-state index is 0. The van der Waals surface area contributed by atoms with Crippen LogP contribution >= 0.6 is 0 Å². The smallest absolute Gasteiger partial charge is 0.350 e. The molecule has 1 aromatic heterocycles. The van der Waals surface area contributed by atoms with Gasteiger partial charge in [-0.3, -0.25) is 9.55 Å². The van der Waals surface area contributed by atoms with Crippen molar-refractivity contribution in [2.75, 3.05) is 0 Å². The summed E-state index contributed by atoms with van der Waals surface area (Å²) in [5.74, 6) is 0.631. The zero-order chi connectivity index (χ0) is 9.26. The molecule has 0 saturated carbocycles. The molecule has 0 aliphatic carbocycles. The topological polar surface area (TPSA) is 99.2 Å². The minimum Gasteiger partial charge on any atom is -0.412 e. The van der Waals surface area contributed by atoms with Crippen LogP contribution in [0.2, 0.25) is 0 Å². The van der Waals surface area contributed by atoms with E-state index in [1.165, 1.54) is 0 Å². The lowest BCUT2D eigenvalue weighted by atomic mass is 10.2. The van der Waals surface area contributed by atoms with E-state index >= 15 is 0 Å². The van der Waals surface area contributed by atoms with Gasteiger partial charge in [0.25, 0.3) is 0 Å². The van der Waals surface area contributed by atoms with Gasteiger partial charge in [0.15, 0.2) is 0 Å². The maximum Gasteiger partial charge on any atom is 0.350 e. The van der Waals surface area contributed by atoms with Gasteiger partial charge in [0.05, 0.1) is 0 Å². The fourth-order valence-corrected chi connectivity index (χ4v) is 1.63. The van der Waals surface area contributed by atoms with Crippen LogP contribution in [0.5, 0.6) is 0 Å². The molecule has 6 nitrogen and oxygen atoms in total. The Morgan fingerprint density at radius 1 is 1.21 bits per heavy atom. The number of nitrogens with one attached hydrogen (secondary N) is 1. The Balaban J connectivity index is 0.000000980. The van der Waals surface area contributed by atoms with Gasteiger partial charge in [-0.05, 0) is 12.8 Å². The summed E-state index contributed by atoms with van der Waals surface area (Å²) < 4.78 is 1.56. The molecule has 2 rings (SSSR count). The van der Waals surface area contributed by atoms with Crippen LogP contribution in [-0.4, -0.2) is 20.0 Å². The molecule has 0 amide bonds. The van der Waals surface area contributed by atoms with Crippen molar-refractivity contribution in [2.24, 2.45) is 0 Å². The van der Waals surface area contributed by atoms with Crippen LogP contribution in [0.1, 0.15) is 25.1 Å². The van der Waals surface area contributed by atoms with Crippen LogP contribution < -0.4 is 11.4 Å². The summed E-state index contributed by atoms with van der Waals surface area (Å²) in [6.45, 7) is 0.679. The molecule has 6 heteroatoms. The highest BCUT2D eigenvalue weighted by Gasteiger charge is 2.10. The van der Waals surface area contributed by atoms with E-state index in [0.717, 1.165) is 25.7 Å². The summed E-state index contributed by atoms with van der Waals surface area (Å²) in [5, 5.41) is 0. The molecule has 0 saturated heterocycles. The van der Waals surface area contributed by atoms with Crippen molar-refractivity contribution in [3.63, 3.8) is 0 Å². The van der Waals surface area contributed by atoms with Gasteiger partial charge in [-0.1, -0.05) is 6.42 Å². The first kappa shape index (κ1) is 10.6. The number of rotatable bonds is 0. The predicted molar refractivity (Wildman–Crippen MR) is 50.3 cm³/mol. The number of hydrogen-bond donors (Lipinski definition) is 1. The van der Waals surface area contributed by atoms with Crippen LogP contribution in [0, 0.1) is 0 Å². The minimum atomic E-state index is -0.529. The average Bonchev–Trinajstić information content (AvgIpc) is 2.28. The summed E-state index contributed by atoms with van der Waals surface area (Å²) in [6.07, 6.45) is 3.83. The van der Waals surface area contributed by atoms with Gasteiger partial charge in [-0.2, -0.15) is 4.98 Å². The third kappa shape index (κ3) is 1.90. The lowest BCUT2D eigenvalue weighted by molar-refractivity contribution is 0.585. The van der Waals surface area contributed by atoms with E-state index in [4.69, 9.17) is 0 Å². The molecule has 0 fully saturated rings. The SMILES string of the molecule is O.O=c1nc2n(c(=O)[nH]1)CCCCC2. The van der Waals surface area contributed by atoms with E-state index in [1.807, 2.05) is 0 Å². The van der Waals surface area contributed by atoms with Crippen LogP contribution in [0.15, 0.2) is 9.59 Å². The summed E-state index contributed by atoms with van der Waals surface area (Å²) >= 11 is 0. The number of nitrogens with zero attached hydrogens (tertiary/aromatic N) is 2. The molecule has 0 unspecified atom stereocenters. The average molecular weight is 199 g/mol. The second kappa shape index (κ2) is 4.19. The molecule has 0 atom stereocenters. The van der Waals surface area contributed by atoms with Gasteiger partial charge in [-0.25, -0.2) is 9.59 Å². The fraction of sp³-hybridized carbons (Fsp3) is 0.625. The van der Waals surface area contributed by atoms with E-state index in [9.17, 15) is 9.59 Å². The normalized spacial score (nSPS) is 15.1. The van der Waals surface area contributed by atoms with Gasteiger partial charge in [-0.15, -0.1) is 0 Å². The van der Waals surface area contributed by atoms with Crippen molar-refractivity contribution in [1.29, 1.82) is 0 Å². The fourth-order valence-electron chi connectivity index (χ4n) is 1.63. The highest BCUT2D eigenvalue weighted by molar-refractivity contribution is 4.89. The maximum atomic E-state index is 11.3. The third-order valence-electron chi connectivity index (χ3n) is 2.28. The number of H-pyrrole nitrogens is 1. The van der Waals surface area contributed by atoms with E-state index in [2.05, 4.69) is 9.97 Å². The van der Waals surface area contributed by atoms with E-state index < -0.39 is 5.69 Å². The molecular weight excluding hydrogens is 186 g/mol. The van der Waals surface area contributed by atoms with Gasteiger partial charge < -0.3 is 5.48 Å². The van der Waals surface area contributed by atoms with Gasteiger partial charge in [0.1, 0.15) is 5.82 Å². The highest BCUT2D eigenvalue weighted by atomic mass is 16.2. The maximum absolute atomic E-state index is 11.3. The molecule has 2 heterocycles. The van der Waals surface area contributed by atoms with Crippen molar-refractivity contribution >= 4 is 0 Å². The van der Waals surface area contributed by atoms with Crippen LogP contribution in [0.25, 0.3) is 0 Å². The molecule has 0 spiro atoms. The summed E-state index contributed by atoms with van der Waals surface area (Å²) in [7, 11) is 0. The van der Waals surface area contributed by atoms with E-state index in [-0.39, 0.29) is 11.2 Å². The Labute approximate surface area is 79.9 Å². The summed E-state index contributed by atoms with van der Waals surface area (Å²) in [6, 6.07) is 0. The number of hydrogen-bond acceptors (Lipinski definition) is 3. The second-order valence-electron chi connectivity index (χ2n) is 3.23. The number of fused-ring (bicyclic) bond motifs is 1. The quantitative estimate of drug-likeness (QED) is 0.570. The second-order valence-corrected chi connectivity index (χ2v) is 3.23. The molecule has 3 N–H and O–H groups in total. The number of aromatic amines is 1. The third-order valence-corrected chi connectivity index (χ3v) is 2.28. The Bertz CT molecular complexity index is 421. The lowest BCUT2D eigenvalue weighted by Gasteiger charge is -2.04. The van der Waals surface area contributed by atoms with Gasteiger partial charge >= 0.3 is 11.4 Å². The summed E-state index contributed by atoms with van der Waals surface area (Å²) in [5.41, 5.74) is -0.852. The van der Waals surface area contributed by atoms with Crippen molar-refractivity contribution in [1.82, 2.24) is 14.5 Å². The Morgan fingerprint density at radius 3 is 2.79 bits per heavy atom. The Kier molecular flexibility index (Phi) is 3.19. The largest absolute Gasteiger partial charge is 0.412 e. The van der Waals surface area contributed by atoms with E-state index in [1.54, 1.807) is 4.57 Å². The zero-order valence-corrected chi connectivity index (χ0v) is 7.75. The molecular formula is C8H13N3O3. The molecule has 0 aromatic carbocycles. The Hall–Kier alpha value is -1.43. The first-order valence-electron chi connectivity index (χ1n) is 4.47. The van der Waals surface area contributed by atoms with Gasteiger partial charge in [0.2, 0.25) is 0 Å². The molecule has 0 bridgehead atoms.